The van der Waals surface area contributed by atoms with Crippen LogP contribution in [0.1, 0.15) is 36.7 Å². The summed E-state index contributed by atoms with van der Waals surface area (Å²) in [4.78, 5) is 11.9. The Labute approximate surface area is 109 Å². The summed E-state index contributed by atoms with van der Waals surface area (Å²) in [5, 5.41) is 2.96. The van der Waals surface area contributed by atoms with Crippen LogP contribution in [0.3, 0.4) is 0 Å². The van der Waals surface area contributed by atoms with Crippen molar-refractivity contribution in [2.45, 2.75) is 26.8 Å². The Morgan fingerprint density at radius 2 is 1.89 bits per heavy atom. The number of hydrogen-bond donors (Lipinski definition) is 2. The highest BCUT2D eigenvalue weighted by molar-refractivity contribution is 5.94. The predicted molar refractivity (Wildman–Crippen MR) is 74.1 cm³/mol. The molecule has 0 aliphatic heterocycles. The summed E-state index contributed by atoms with van der Waals surface area (Å²) in [7, 11) is 0. The molecule has 0 fully saturated rings. The van der Waals surface area contributed by atoms with Gasteiger partial charge in [-0.15, -0.1) is 0 Å². The van der Waals surface area contributed by atoms with Crippen molar-refractivity contribution in [3.63, 3.8) is 0 Å². The Bertz CT molecular complexity index is 452. The smallest absolute Gasteiger partial charge is 0.251 e. The molecule has 0 heterocycles. The maximum atomic E-state index is 11.9. The Morgan fingerprint density at radius 3 is 2.39 bits per heavy atom. The van der Waals surface area contributed by atoms with Gasteiger partial charge in [-0.2, -0.15) is 0 Å². The lowest BCUT2D eigenvalue weighted by Gasteiger charge is -2.17. The van der Waals surface area contributed by atoms with E-state index in [1.54, 1.807) is 12.1 Å². The van der Waals surface area contributed by atoms with Crippen molar-refractivity contribution in [1.82, 2.24) is 5.32 Å². The molecule has 0 saturated heterocycles. The van der Waals surface area contributed by atoms with Crippen LogP contribution in [-0.4, -0.2) is 18.5 Å². The highest BCUT2D eigenvalue weighted by atomic mass is 16.1. The second-order valence-electron chi connectivity index (χ2n) is 4.59. The first-order chi connectivity index (χ1) is 8.54. The Morgan fingerprint density at radius 1 is 1.28 bits per heavy atom. The monoisotopic (exact) mass is 244 g/mol. The van der Waals surface area contributed by atoms with Gasteiger partial charge in [0.05, 0.1) is 6.54 Å². The van der Waals surface area contributed by atoms with E-state index in [1.807, 2.05) is 19.1 Å². The van der Waals surface area contributed by atoms with Crippen molar-refractivity contribution in [3.8, 4) is 11.8 Å². The van der Waals surface area contributed by atoms with Crippen LogP contribution in [0.4, 0.5) is 0 Å². The van der Waals surface area contributed by atoms with Crippen LogP contribution < -0.4 is 11.1 Å². The molecule has 1 rings (SSSR count). The maximum absolute atomic E-state index is 11.9. The molecule has 0 spiro atoms. The number of nitrogens with one attached hydrogen (secondary N) is 1. The highest BCUT2D eigenvalue weighted by Crippen LogP contribution is 2.06. The van der Waals surface area contributed by atoms with Crippen LogP contribution in [0, 0.1) is 17.8 Å². The molecule has 0 saturated carbocycles. The second kappa shape index (κ2) is 6.83. The highest BCUT2D eigenvalue weighted by Gasteiger charge is 2.11. The lowest BCUT2D eigenvalue weighted by Crippen LogP contribution is -2.36. The summed E-state index contributed by atoms with van der Waals surface area (Å²) in [5.41, 5.74) is 6.82. The van der Waals surface area contributed by atoms with Crippen molar-refractivity contribution >= 4 is 5.91 Å². The quantitative estimate of drug-likeness (QED) is 0.796. The number of rotatable bonds is 3. The van der Waals surface area contributed by atoms with Gasteiger partial charge in [0.1, 0.15) is 0 Å². The third-order valence-corrected chi connectivity index (χ3v) is 2.84. The molecular weight excluding hydrogens is 224 g/mol. The summed E-state index contributed by atoms with van der Waals surface area (Å²) in [5.74, 6) is 6.07. The summed E-state index contributed by atoms with van der Waals surface area (Å²) in [6.07, 6.45) is 0. The van der Waals surface area contributed by atoms with Crippen molar-refractivity contribution in [2.75, 3.05) is 6.54 Å². The minimum absolute atomic E-state index is 0.0467. The Balaban J connectivity index is 2.70. The topological polar surface area (TPSA) is 55.1 Å². The molecule has 18 heavy (non-hydrogen) atoms. The zero-order valence-electron chi connectivity index (χ0n) is 11.2. The van der Waals surface area contributed by atoms with Crippen molar-refractivity contribution in [1.29, 1.82) is 0 Å². The average molecular weight is 244 g/mol. The first kappa shape index (κ1) is 14.3. The van der Waals surface area contributed by atoms with Gasteiger partial charge in [-0.1, -0.05) is 25.7 Å². The molecule has 1 amide bonds. The third-order valence-electron chi connectivity index (χ3n) is 2.84. The van der Waals surface area contributed by atoms with E-state index in [4.69, 9.17) is 5.73 Å². The van der Waals surface area contributed by atoms with Crippen LogP contribution in [0.5, 0.6) is 0 Å². The number of benzene rings is 1. The third kappa shape index (κ3) is 4.23. The molecule has 3 heteroatoms. The van der Waals surface area contributed by atoms with Gasteiger partial charge in [0, 0.05) is 17.2 Å². The fourth-order valence-corrected chi connectivity index (χ4v) is 1.31. The van der Waals surface area contributed by atoms with Crippen LogP contribution in [0.15, 0.2) is 24.3 Å². The standard InChI is InChI=1S/C15H20N2O/c1-11(2)12(3)17-15(18)14-8-6-13(7-9-14)5-4-10-16/h6-9,11-12H,10,16H2,1-3H3,(H,17,18). The molecule has 1 atom stereocenters. The first-order valence-corrected chi connectivity index (χ1v) is 6.14. The zero-order valence-corrected chi connectivity index (χ0v) is 11.2. The van der Waals surface area contributed by atoms with Crippen LogP contribution in [0.2, 0.25) is 0 Å². The van der Waals surface area contributed by atoms with Gasteiger partial charge < -0.3 is 11.1 Å². The van der Waals surface area contributed by atoms with E-state index in [2.05, 4.69) is 31.0 Å². The number of amides is 1. The second-order valence-corrected chi connectivity index (χ2v) is 4.59. The van der Waals surface area contributed by atoms with E-state index >= 15 is 0 Å². The van der Waals surface area contributed by atoms with Gasteiger partial charge in [0.2, 0.25) is 0 Å². The number of nitrogens with two attached hydrogens (primary N) is 1. The van der Waals surface area contributed by atoms with Crippen molar-refractivity contribution in [3.05, 3.63) is 35.4 Å². The molecule has 3 nitrogen and oxygen atoms in total. The van der Waals surface area contributed by atoms with Gasteiger partial charge in [-0.3, -0.25) is 4.79 Å². The summed E-state index contributed by atoms with van der Waals surface area (Å²) in [6, 6.07) is 7.38. The van der Waals surface area contributed by atoms with Crippen molar-refractivity contribution < 1.29 is 4.79 Å². The SMILES string of the molecule is CC(C)C(C)NC(=O)c1ccc(C#CCN)cc1. The molecule has 0 aromatic heterocycles. The molecule has 1 unspecified atom stereocenters. The number of carbonyl (C=O) groups excluding carboxylic acids is 1. The molecule has 0 aliphatic carbocycles. The minimum Gasteiger partial charge on any atom is -0.349 e. The van der Waals surface area contributed by atoms with Gasteiger partial charge >= 0.3 is 0 Å². The minimum atomic E-state index is -0.0467. The van der Waals surface area contributed by atoms with Gasteiger partial charge in [-0.05, 0) is 37.1 Å². The van der Waals surface area contributed by atoms with E-state index in [0.29, 0.717) is 18.0 Å². The Hall–Kier alpha value is -1.79. The van der Waals surface area contributed by atoms with Crippen LogP contribution in [-0.2, 0) is 0 Å². The predicted octanol–water partition coefficient (Wildman–Crippen LogP) is 1.77. The maximum Gasteiger partial charge on any atom is 0.251 e. The fourth-order valence-electron chi connectivity index (χ4n) is 1.31. The van der Waals surface area contributed by atoms with E-state index in [-0.39, 0.29) is 11.9 Å². The molecule has 1 aromatic rings. The molecule has 0 bridgehead atoms. The molecule has 1 aromatic carbocycles. The molecule has 96 valence electrons. The van der Waals surface area contributed by atoms with Gasteiger partial charge in [0.25, 0.3) is 5.91 Å². The zero-order chi connectivity index (χ0) is 13.5. The van der Waals surface area contributed by atoms with E-state index < -0.39 is 0 Å². The molecular formula is C15H20N2O. The molecule has 0 aliphatic rings. The van der Waals surface area contributed by atoms with E-state index in [0.717, 1.165) is 5.56 Å². The summed E-state index contributed by atoms with van der Waals surface area (Å²) >= 11 is 0. The summed E-state index contributed by atoms with van der Waals surface area (Å²) < 4.78 is 0. The number of hydrogen-bond acceptors (Lipinski definition) is 2. The Kier molecular flexibility index (Phi) is 5.41. The normalized spacial score (nSPS) is 11.6. The van der Waals surface area contributed by atoms with Gasteiger partial charge in [-0.25, -0.2) is 0 Å². The van der Waals surface area contributed by atoms with Crippen molar-refractivity contribution in [2.24, 2.45) is 11.7 Å². The van der Waals surface area contributed by atoms with E-state index in [1.165, 1.54) is 0 Å². The molecule has 0 radical (unpaired) electrons. The molecule has 3 N–H and O–H groups in total. The van der Waals surface area contributed by atoms with Crippen LogP contribution >= 0.6 is 0 Å². The lowest BCUT2D eigenvalue weighted by molar-refractivity contribution is 0.0930. The van der Waals surface area contributed by atoms with Gasteiger partial charge in [0.15, 0.2) is 0 Å². The first-order valence-electron chi connectivity index (χ1n) is 6.14. The fraction of sp³-hybridized carbons (Fsp3) is 0.400. The largest absolute Gasteiger partial charge is 0.349 e. The van der Waals surface area contributed by atoms with E-state index in [9.17, 15) is 4.79 Å². The summed E-state index contributed by atoms with van der Waals surface area (Å²) in [6.45, 7) is 6.50. The number of carbonyl (C=O) groups is 1. The van der Waals surface area contributed by atoms with Crippen LogP contribution in [0.25, 0.3) is 0 Å². The lowest BCUT2D eigenvalue weighted by atomic mass is 10.1. The average Bonchev–Trinajstić information content (AvgIpc) is 2.36.